The van der Waals surface area contributed by atoms with Gasteiger partial charge in [-0.15, -0.1) is 0 Å². The molecule has 0 fully saturated rings. The molecule has 3 rings (SSSR count). The number of fused-ring (bicyclic) bond motifs is 1. The second-order valence-electron chi connectivity index (χ2n) is 4.75. The summed E-state index contributed by atoms with van der Waals surface area (Å²) < 4.78 is 1.05. The van der Waals surface area contributed by atoms with E-state index in [0.29, 0.717) is 11.1 Å². The van der Waals surface area contributed by atoms with Crippen molar-refractivity contribution in [3.8, 4) is 0 Å². The predicted molar refractivity (Wildman–Crippen MR) is 79.8 cm³/mol. The summed E-state index contributed by atoms with van der Waals surface area (Å²) in [4.78, 5) is 23.4. The topological polar surface area (TPSA) is 46.2 Å². The number of carbonyl (C=O) groups excluding carboxylic acids is 2. The normalized spacial score (nSPS) is 13.2. The van der Waals surface area contributed by atoms with Crippen LogP contribution in [0.5, 0.6) is 0 Å². The lowest BCUT2D eigenvalue weighted by Crippen LogP contribution is -2.20. The van der Waals surface area contributed by atoms with Crippen LogP contribution in [-0.2, 0) is 12.8 Å². The molecule has 0 saturated carbocycles. The fraction of sp³-hybridized carbons (Fsp3) is 0.125. The Labute approximate surface area is 125 Å². The summed E-state index contributed by atoms with van der Waals surface area (Å²) >= 11 is 3.41. The number of hydrogen-bond donors (Lipinski definition) is 1. The summed E-state index contributed by atoms with van der Waals surface area (Å²) in [6, 6.07) is 13.5. The Balaban J connectivity index is 1.84. The Morgan fingerprint density at radius 3 is 2.40 bits per heavy atom. The van der Waals surface area contributed by atoms with Crippen LogP contribution in [0.1, 0.15) is 31.8 Å². The Bertz CT molecular complexity index is 692. The van der Waals surface area contributed by atoms with E-state index < -0.39 is 0 Å². The van der Waals surface area contributed by atoms with Gasteiger partial charge in [-0.3, -0.25) is 14.9 Å². The molecule has 2 aromatic carbocycles. The van der Waals surface area contributed by atoms with Crippen molar-refractivity contribution < 1.29 is 9.59 Å². The first-order chi connectivity index (χ1) is 9.65. The first-order valence-corrected chi connectivity index (χ1v) is 7.16. The van der Waals surface area contributed by atoms with Crippen LogP contribution in [-0.4, -0.2) is 11.8 Å². The van der Waals surface area contributed by atoms with E-state index in [1.807, 2.05) is 24.3 Å². The largest absolute Gasteiger partial charge is 0.288 e. The summed E-state index contributed by atoms with van der Waals surface area (Å²) in [6.45, 7) is 0. The zero-order valence-electron chi connectivity index (χ0n) is 10.7. The highest BCUT2D eigenvalue weighted by molar-refractivity contribution is 9.10. The summed E-state index contributed by atoms with van der Waals surface area (Å²) in [6.07, 6.45) is 1.58. The number of hydrogen-bond acceptors (Lipinski definition) is 2. The van der Waals surface area contributed by atoms with Crippen molar-refractivity contribution >= 4 is 27.7 Å². The number of benzene rings is 2. The highest BCUT2D eigenvalue weighted by atomic mass is 79.9. The maximum Gasteiger partial charge on any atom is 0.259 e. The zero-order valence-corrected chi connectivity index (χ0v) is 12.2. The lowest BCUT2D eigenvalue weighted by atomic mass is 9.97. The van der Waals surface area contributed by atoms with Crippen LogP contribution in [0.3, 0.4) is 0 Å². The van der Waals surface area contributed by atoms with Gasteiger partial charge in [-0.2, -0.15) is 0 Å². The van der Waals surface area contributed by atoms with E-state index in [2.05, 4.69) is 33.4 Å². The number of imide groups is 1. The van der Waals surface area contributed by atoms with Crippen molar-refractivity contribution in [1.82, 2.24) is 5.32 Å². The number of rotatable bonds is 3. The molecule has 100 valence electrons. The standard InChI is InChI=1S/C16H12BrNO2/c17-12-8-5-10(6-9-12)4-7-11-2-1-3-13-14(11)16(20)18-15(13)19/h1-3,5-6,8-9H,4,7H2,(H,18,19,20). The fourth-order valence-electron chi connectivity index (χ4n) is 2.43. The SMILES string of the molecule is O=C1NC(=O)c2c(CCc3ccc(Br)cc3)cccc21. The third kappa shape index (κ3) is 2.39. The van der Waals surface area contributed by atoms with Gasteiger partial charge in [0.15, 0.2) is 0 Å². The number of aryl methyl sites for hydroxylation is 2. The van der Waals surface area contributed by atoms with E-state index in [1.165, 1.54) is 5.56 Å². The quantitative estimate of drug-likeness (QED) is 0.879. The van der Waals surface area contributed by atoms with Crippen molar-refractivity contribution in [2.24, 2.45) is 0 Å². The lowest BCUT2D eigenvalue weighted by Gasteiger charge is -2.06. The Morgan fingerprint density at radius 2 is 1.65 bits per heavy atom. The summed E-state index contributed by atoms with van der Waals surface area (Å²) in [5.74, 6) is -0.577. The third-order valence-corrected chi connectivity index (χ3v) is 3.97. The molecule has 3 nitrogen and oxygen atoms in total. The molecule has 1 heterocycles. The molecule has 4 heteroatoms. The van der Waals surface area contributed by atoms with E-state index in [9.17, 15) is 9.59 Å². The van der Waals surface area contributed by atoms with Crippen LogP contribution >= 0.6 is 15.9 Å². The smallest absolute Gasteiger partial charge is 0.259 e. The summed E-state index contributed by atoms with van der Waals surface area (Å²) in [5, 5.41) is 2.34. The maximum atomic E-state index is 11.8. The van der Waals surface area contributed by atoms with Crippen LogP contribution in [0.25, 0.3) is 0 Å². The molecule has 0 unspecified atom stereocenters. The van der Waals surface area contributed by atoms with Crippen LogP contribution in [0.4, 0.5) is 0 Å². The monoisotopic (exact) mass is 329 g/mol. The van der Waals surface area contributed by atoms with Crippen molar-refractivity contribution in [3.05, 3.63) is 69.2 Å². The van der Waals surface area contributed by atoms with Crippen molar-refractivity contribution in [1.29, 1.82) is 0 Å². The van der Waals surface area contributed by atoms with E-state index in [0.717, 1.165) is 22.9 Å². The lowest BCUT2D eigenvalue weighted by molar-refractivity contribution is 0.0879. The van der Waals surface area contributed by atoms with E-state index in [4.69, 9.17) is 0 Å². The Hall–Kier alpha value is -1.94. The number of carbonyl (C=O) groups is 2. The van der Waals surface area contributed by atoms with E-state index >= 15 is 0 Å². The number of nitrogens with one attached hydrogen (secondary N) is 1. The Morgan fingerprint density at radius 1 is 0.900 bits per heavy atom. The van der Waals surface area contributed by atoms with Gasteiger partial charge in [-0.05, 0) is 42.2 Å². The highest BCUT2D eigenvalue weighted by Gasteiger charge is 2.28. The van der Waals surface area contributed by atoms with Gasteiger partial charge < -0.3 is 0 Å². The minimum atomic E-state index is -0.296. The minimum Gasteiger partial charge on any atom is -0.288 e. The van der Waals surface area contributed by atoms with Crippen LogP contribution in [0.2, 0.25) is 0 Å². The average Bonchev–Trinajstić information content (AvgIpc) is 2.74. The molecule has 0 radical (unpaired) electrons. The van der Waals surface area contributed by atoms with Crippen molar-refractivity contribution in [2.75, 3.05) is 0 Å². The van der Waals surface area contributed by atoms with Gasteiger partial charge >= 0.3 is 0 Å². The van der Waals surface area contributed by atoms with E-state index in [-0.39, 0.29) is 11.8 Å². The molecule has 0 aliphatic carbocycles. The molecule has 2 amide bonds. The predicted octanol–water partition coefficient (Wildman–Crippen LogP) is 3.12. The maximum absolute atomic E-state index is 11.8. The average molecular weight is 330 g/mol. The van der Waals surface area contributed by atoms with Crippen molar-refractivity contribution in [2.45, 2.75) is 12.8 Å². The molecule has 1 aliphatic rings. The van der Waals surface area contributed by atoms with Gasteiger partial charge in [0.05, 0.1) is 11.1 Å². The second kappa shape index (κ2) is 5.21. The molecule has 2 aromatic rings. The minimum absolute atomic E-state index is 0.281. The molecule has 20 heavy (non-hydrogen) atoms. The molecule has 0 spiro atoms. The zero-order chi connectivity index (χ0) is 14.1. The first-order valence-electron chi connectivity index (χ1n) is 6.37. The van der Waals surface area contributed by atoms with Crippen LogP contribution < -0.4 is 5.32 Å². The molecule has 1 aliphatic heterocycles. The summed E-state index contributed by atoms with van der Waals surface area (Å²) in [7, 11) is 0. The van der Waals surface area contributed by atoms with Gasteiger partial charge in [0.1, 0.15) is 0 Å². The van der Waals surface area contributed by atoms with E-state index in [1.54, 1.807) is 6.07 Å². The van der Waals surface area contributed by atoms with Gasteiger partial charge in [0.2, 0.25) is 0 Å². The van der Waals surface area contributed by atoms with Gasteiger partial charge in [0, 0.05) is 4.47 Å². The van der Waals surface area contributed by atoms with Crippen LogP contribution in [0.15, 0.2) is 46.9 Å². The molecule has 0 bridgehead atoms. The van der Waals surface area contributed by atoms with Crippen molar-refractivity contribution in [3.63, 3.8) is 0 Å². The third-order valence-electron chi connectivity index (χ3n) is 3.45. The summed E-state index contributed by atoms with van der Waals surface area (Å²) in [5.41, 5.74) is 3.15. The van der Waals surface area contributed by atoms with Gasteiger partial charge in [0.25, 0.3) is 11.8 Å². The number of amides is 2. The van der Waals surface area contributed by atoms with Gasteiger partial charge in [-0.25, -0.2) is 0 Å². The molecular formula is C16H12BrNO2. The Kier molecular flexibility index (Phi) is 3.40. The van der Waals surface area contributed by atoms with Crippen LogP contribution in [0, 0.1) is 0 Å². The number of halogens is 1. The fourth-order valence-corrected chi connectivity index (χ4v) is 2.69. The molecule has 0 aromatic heterocycles. The molecule has 1 N–H and O–H groups in total. The first kappa shape index (κ1) is 13.1. The molecular weight excluding hydrogens is 318 g/mol. The molecule has 0 atom stereocenters. The molecule has 0 saturated heterocycles. The second-order valence-corrected chi connectivity index (χ2v) is 5.67. The van der Waals surface area contributed by atoms with Gasteiger partial charge in [-0.1, -0.05) is 40.2 Å². The highest BCUT2D eigenvalue weighted by Crippen LogP contribution is 2.22.